The molecule has 258 valence electrons. The number of nitrogens with zero attached hydrogens (tertiary/aromatic N) is 2. The third kappa shape index (κ3) is 7.74. The number of para-hydroxylation sites is 1. The zero-order valence-electron chi connectivity index (χ0n) is 28.6. The van der Waals surface area contributed by atoms with E-state index in [1.54, 1.807) is 4.90 Å². The smallest absolute Gasteiger partial charge is 0.407 e. The molecule has 0 bridgehead atoms. The number of carbonyl (C=O) groups excluding carboxylic acids is 3. The van der Waals surface area contributed by atoms with Gasteiger partial charge in [-0.25, -0.2) is 4.79 Å². The maximum atomic E-state index is 13.7. The monoisotopic (exact) mass is 650 g/mol. The van der Waals surface area contributed by atoms with Crippen molar-refractivity contribution in [3.05, 3.63) is 54.1 Å². The molecule has 6 N–H and O–H groups in total. The van der Waals surface area contributed by atoms with Crippen LogP contribution in [0.2, 0.25) is 0 Å². The van der Waals surface area contributed by atoms with Gasteiger partial charge < -0.3 is 36.4 Å². The number of allylic oxidation sites excluding steroid dienone is 2. The maximum Gasteiger partial charge on any atom is 0.407 e. The second-order valence-electron chi connectivity index (χ2n) is 15.3. The van der Waals surface area contributed by atoms with Crippen LogP contribution in [-0.4, -0.2) is 97.5 Å². The minimum absolute atomic E-state index is 0.0381. The van der Waals surface area contributed by atoms with Crippen LogP contribution in [0.25, 0.3) is 0 Å². The zero-order chi connectivity index (χ0) is 34.0. The van der Waals surface area contributed by atoms with E-state index in [4.69, 9.17) is 10.5 Å². The molecule has 47 heavy (non-hydrogen) atoms. The molecule has 0 aromatic heterocycles. The van der Waals surface area contributed by atoms with Gasteiger partial charge >= 0.3 is 6.09 Å². The number of hydrogen-bond acceptors (Lipinski definition) is 8. The highest BCUT2D eigenvalue weighted by molar-refractivity contribution is 5.95. The fourth-order valence-electron chi connectivity index (χ4n) is 8.06. The van der Waals surface area contributed by atoms with Crippen molar-refractivity contribution in [3.8, 4) is 0 Å². The molecule has 3 unspecified atom stereocenters. The minimum atomic E-state index is -0.967. The molecule has 5 atom stereocenters. The van der Waals surface area contributed by atoms with E-state index in [-0.39, 0.29) is 36.2 Å². The Morgan fingerprint density at radius 1 is 1.13 bits per heavy atom. The van der Waals surface area contributed by atoms with Crippen LogP contribution in [-0.2, 0) is 20.7 Å². The van der Waals surface area contributed by atoms with E-state index in [1.165, 1.54) is 7.11 Å². The minimum Gasteiger partial charge on any atom is -0.453 e. The molecule has 1 spiro atoms. The van der Waals surface area contributed by atoms with Gasteiger partial charge in [0.05, 0.1) is 24.8 Å². The summed E-state index contributed by atoms with van der Waals surface area (Å²) in [7, 11) is 1.32. The van der Waals surface area contributed by atoms with Crippen molar-refractivity contribution in [2.24, 2.45) is 22.5 Å². The number of piperidine rings is 1. The number of rotatable bonds is 10. The predicted octanol–water partition coefficient (Wildman–Crippen LogP) is 2.49. The first-order valence-electron chi connectivity index (χ1n) is 17.0. The van der Waals surface area contributed by atoms with Gasteiger partial charge in [-0.3, -0.25) is 14.5 Å². The third-order valence-corrected chi connectivity index (χ3v) is 11.0. The standard InChI is InChI=1S/C36H54N6O5/c1-34(2,20-31(44)42-22-25(40-33(46)47-5)18-24-10-6-9-13-29(24)42)19-27(37)30(43)21-38-32(45)35(3,4)41-16-14-36(15-17-41)23-39-28-12-8-7-11-26(28)36/h6-13,25-28,30,39,43H,14-23,37H2,1-5H3,(H,38,45)(H,40,46)/t25?,26?,27-,28?,30-/m0/s1. The molecular weight excluding hydrogens is 596 g/mol. The van der Waals surface area contributed by atoms with Crippen molar-refractivity contribution in [2.45, 2.75) is 89.6 Å². The zero-order valence-corrected chi connectivity index (χ0v) is 28.6. The highest BCUT2D eigenvalue weighted by atomic mass is 16.5. The van der Waals surface area contributed by atoms with Gasteiger partial charge in [0.1, 0.15) is 0 Å². The molecule has 3 amide bonds. The molecule has 1 aromatic rings. The Morgan fingerprint density at radius 3 is 2.55 bits per heavy atom. The van der Waals surface area contributed by atoms with Gasteiger partial charge in [-0.05, 0) is 75.1 Å². The summed E-state index contributed by atoms with van der Waals surface area (Å²) in [6.45, 7) is 10.9. The second-order valence-corrected chi connectivity index (χ2v) is 15.3. The molecule has 11 heteroatoms. The number of likely N-dealkylation sites (tertiary alicyclic amines) is 1. The molecule has 3 heterocycles. The molecule has 0 radical (unpaired) electrons. The fourth-order valence-corrected chi connectivity index (χ4v) is 8.06. The fraction of sp³-hybridized carbons (Fsp3) is 0.639. The van der Waals surface area contributed by atoms with Crippen LogP contribution >= 0.6 is 0 Å². The first-order chi connectivity index (χ1) is 22.2. The Balaban J connectivity index is 1.11. The lowest BCUT2D eigenvalue weighted by Gasteiger charge is -2.47. The predicted molar refractivity (Wildman–Crippen MR) is 183 cm³/mol. The number of benzene rings is 1. The number of nitrogens with two attached hydrogens (primary N) is 1. The van der Waals surface area contributed by atoms with Crippen LogP contribution in [0.4, 0.5) is 10.5 Å². The third-order valence-electron chi connectivity index (χ3n) is 11.0. The van der Waals surface area contributed by atoms with Gasteiger partial charge in [-0.15, -0.1) is 0 Å². The van der Waals surface area contributed by atoms with Crippen LogP contribution in [0.1, 0.15) is 58.9 Å². The Kier molecular flexibility index (Phi) is 10.5. The van der Waals surface area contributed by atoms with E-state index in [0.29, 0.717) is 31.3 Å². The van der Waals surface area contributed by atoms with Crippen LogP contribution in [0.5, 0.6) is 0 Å². The highest BCUT2D eigenvalue weighted by Crippen LogP contribution is 2.47. The molecule has 2 fully saturated rings. The van der Waals surface area contributed by atoms with Crippen molar-refractivity contribution >= 4 is 23.6 Å². The van der Waals surface area contributed by atoms with Gasteiger partial charge in [0.15, 0.2) is 0 Å². The van der Waals surface area contributed by atoms with Gasteiger partial charge in [0, 0.05) is 49.7 Å². The normalized spacial score (nSPS) is 25.1. The summed E-state index contributed by atoms with van der Waals surface area (Å²) in [5.74, 6) is 0.286. The SMILES string of the molecule is COC(=O)NC1Cc2ccccc2N(C(=O)CC(C)(C)C[C@H](N)[C@@H](O)CNC(=O)C(C)(C)N2CCC3(CC2)CNC2C=CC=CC23)C1. The van der Waals surface area contributed by atoms with Gasteiger partial charge in [0.25, 0.3) is 0 Å². The second kappa shape index (κ2) is 14.1. The first kappa shape index (κ1) is 35.1. The lowest BCUT2D eigenvalue weighted by Crippen LogP contribution is -2.60. The molecule has 0 saturated carbocycles. The summed E-state index contributed by atoms with van der Waals surface area (Å²) in [6, 6.07) is 7.19. The van der Waals surface area contributed by atoms with Crippen LogP contribution in [0.15, 0.2) is 48.6 Å². The molecule has 11 nitrogen and oxygen atoms in total. The number of nitrogens with one attached hydrogen (secondary N) is 3. The van der Waals surface area contributed by atoms with E-state index in [1.807, 2.05) is 52.0 Å². The Labute approximate surface area is 279 Å². The lowest BCUT2D eigenvalue weighted by atomic mass is 9.67. The van der Waals surface area contributed by atoms with Crippen molar-refractivity contribution in [1.29, 1.82) is 0 Å². The number of methoxy groups -OCH3 is 1. The average Bonchev–Trinajstić information content (AvgIpc) is 3.40. The van der Waals surface area contributed by atoms with Gasteiger partial charge in [-0.1, -0.05) is 56.4 Å². The topological polar surface area (TPSA) is 149 Å². The number of carbonyl (C=O) groups is 3. The van der Waals surface area contributed by atoms with Crippen molar-refractivity contribution in [2.75, 3.05) is 44.7 Å². The number of amides is 3. The number of fused-ring (bicyclic) bond motifs is 3. The largest absolute Gasteiger partial charge is 0.453 e. The van der Waals surface area contributed by atoms with Gasteiger partial charge in [0.2, 0.25) is 11.8 Å². The van der Waals surface area contributed by atoms with E-state index >= 15 is 0 Å². The molecule has 3 aliphatic heterocycles. The summed E-state index contributed by atoms with van der Waals surface area (Å²) in [4.78, 5) is 43.0. The van der Waals surface area contributed by atoms with Crippen molar-refractivity contribution in [3.63, 3.8) is 0 Å². The molecule has 2 saturated heterocycles. The van der Waals surface area contributed by atoms with Crippen molar-refractivity contribution in [1.82, 2.24) is 20.9 Å². The van der Waals surface area contributed by atoms with Crippen LogP contribution in [0, 0.1) is 16.7 Å². The number of aliphatic hydroxyl groups is 1. The van der Waals surface area contributed by atoms with Crippen molar-refractivity contribution < 1.29 is 24.2 Å². The van der Waals surface area contributed by atoms with Crippen LogP contribution < -0.4 is 26.6 Å². The number of anilines is 1. The summed E-state index contributed by atoms with van der Waals surface area (Å²) >= 11 is 0. The number of ether oxygens (including phenoxy) is 1. The van der Waals surface area contributed by atoms with E-state index in [0.717, 1.165) is 43.7 Å². The number of hydrogen-bond donors (Lipinski definition) is 5. The molecule has 1 aromatic carbocycles. The average molecular weight is 651 g/mol. The van der Waals surface area contributed by atoms with Gasteiger partial charge in [-0.2, -0.15) is 0 Å². The summed E-state index contributed by atoms with van der Waals surface area (Å²) < 4.78 is 4.78. The molecular formula is C36H54N6O5. The molecule has 1 aliphatic carbocycles. The highest BCUT2D eigenvalue weighted by Gasteiger charge is 2.50. The Bertz CT molecular complexity index is 1370. The quantitative estimate of drug-likeness (QED) is 0.260. The van der Waals surface area contributed by atoms with E-state index < -0.39 is 29.2 Å². The first-order valence-corrected chi connectivity index (χ1v) is 17.0. The number of aliphatic hydroxyl groups excluding tert-OH is 1. The Hall–Kier alpha value is -3.25. The summed E-state index contributed by atoms with van der Waals surface area (Å²) in [5, 5.41) is 20.5. The summed E-state index contributed by atoms with van der Waals surface area (Å²) in [5.41, 5.74) is 7.25. The van der Waals surface area contributed by atoms with E-state index in [2.05, 4.69) is 45.2 Å². The molecule has 4 aliphatic rings. The summed E-state index contributed by atoms with van der Waals surface area (Å²) in [6.07, 6.45) is 10.6. The number of alkyl carbamates (subject to hydrolysis) is 1. The lowest BCUT2D eigenvalue weighted by molar-refractivity contribution is -0.134. The Morgan fingerprint density at radius 2 is 1.83 bits per heavy atom. The van der Waals surface area contributed by atoms with Crippen LogP contribution in [0.3, 0.4) is 0 Å². The van der Waals surface area contributed by atoms with E-state index in [9.17, 15) is 19.5 Å². The molecule has 5 rings (SSSR count). The maximum absolute atomic E-state index is 13.7.